The molecule has 0 bridgehead atoms. The number of rotatable bonds is 3. The van der Waals surface area contributed by atoms with Crippen LogP contribution in [0.5, 0.6) is 0 Å². The van der Waals surface area contributed by atoms with E-state index < -0.39 is 33.4 Å². The number of aryl methyl sites for hydroxylation is 1. The molecule has 2 heterocycles. The van der Waals surface area contributed by atoms with E-state index in [2.05, 4.69) is 14.7 Å². The number of carbonyl (C=O) groups is 1. The van der Waals surface area contributed by atoms with Crippen molar-refractivity contribution in [2.75, 3.05) is 5.32 Å². The number of hydrogen-bond acceptors (Lipinski definition) is 5. The van der Waals surface area contributed by atoms with Gasteiger partial charge in [0.2, 0.25) is 0 Å². The summed E-state index contributed by atoms with van der Waals surface area (Å²) in [5.74, 6) is 0. The normalized spacial score (nSPS) is 16.1. The highest BCUT2D eigenvalue weighted by molar-refractivity contribution is 7.93. The van der Waals surface area contributed by atoms with Crippen LogP contribution in [0.1, 0.15) is 48.3 Å². The molecule has 0 saturated carbocycles. The zero-order chi connectivity index (χ0) is 22.5. The molecule has 0 saturated heterocycles. The number of aromatic nitrogens is 1. The monoisotopic (exact) mass is 462 g/mol. The fourth-order valence-electron chi connectivity index (χ4n) is 3.22. The first-order chi connectivity index (χ1) is 13.7. The highest BCUT2D eigenvalue weighted by Gasteiger charge is 2.38. The summed E-state index contributed by atoms with van der Waals surface area (Å²) in [6.07, 6.45) is -3.22. The minimum Gasteiger partial charge on any atom is -0.386 e. The molecule has 0 spiro atoms. The summed E-state index contributed by atoms with van der Waals surface area (Å²) in [5.41, 5.74) is -1.26. The Balaban J connectivity index is 1.97. The minimum absolute atomic E-state index is 0.0165. The maximum Gasteiger partial charge on any atom is 0.433 e. The molecule has 12 heteroatoms. The number of nitrogens with zero attached hydrogens (tertiary/aromatic N) is 2. The molecule has 2 amide bonds. The Morgan fingerprint density at radius 1 is 1.37 bits per heavy atom. The second-order valence-electron chi connectivity index (χ2n) is 7.54. The van der Waals surface area contributed by atoms with Gasteiger partial charge in [-0.3, -0.25) is 0 Å². The molecule has 7 nitrogen and oxygen atoms in total. The molecular weight excluding hydrogens is 441 g/mol. The average molecular weight is 463 g/mol. The third-order valence-corrected chi connectivity index (χ3v) is 7.61. The van der Waals surface area contributed by atoms with Gasteiger partial charge in [0, 0.05) is 11.3 Å². The van der Waals surface area contributed by atoms with Gasteiger partial charge in [-0.25, -0.2) is 19.1 Å². The number of aliphatic hydroxyl groups is 1. The molecule has 2 aromatic rings. The van der Waals surface area contributed by atoms with E-state index in [0.29, 0.717) is 30.4 Å². The lowest BCUT2D eigenvalue weighted by atomic mass is 10.0. The van der Waals surface area contributed by atoms with Gasteiger partial charge in [0.25, 0.3) is 0 Å². The summed E-state index contributed by atoms with van der Waals surface area (Å²) in [7, 11) is -3.65. The number of urea groups is 1. The molecule has 0 radical (unpaired) electrons. The molecule has 0 aliphatic heterocycles. The van der Waals surface area contributed by atoms with E-state index in [-0.39, 0.29) is 21.2 Å². The summed E-state index contributed by atoms with van der Waals surface area (Å²) >= 11 is 0.968. The topological polar surface area (TPSA) is 118 Å². The number of amides is 2. The van der Waals surface area contributed by atoms with E-state index in [0.717, 1.165) is 11.3 Å². The Kier molecular flexibility index (Phi) is 5.73. The molecule has 0 aromatic carbocycles. The molecule has 1 aliphatic rings. The Morgan fingerprint density at radius 3 is 2.60 bits per heavy atom. The molecule has 1 aliphatic carbocycles. The minimum atomic E-state index is -4.68. The van der Waals surface area contributed by atoms with Crippen molar-refractivity contribution in [2.45, 2.75) is 56.0 Å². The zero-order valence-corrected chi connectivity index (χ0v) is 18.1. The van der Waals surface area contributed by atoms with Crippen LogP contribution < -0.4 is 10.5 Å². The Hall–Kier alpha value is -2.02. The van der Waals surface area contributed by atoms with Gasteiger partial charge >= 0.3 is 12.2 Å². The fraction of sp³-hybridized carbons (Fsp3) is 0.444. The van der Waals surface area contributed by atoms with Crippen molar-refractivity contribution < 1.29 is 27.3 Å². The Morgan fingerprint density at radius 2 is 2.03 bits per heavy atom. The Labute approximate surface area is 175 Å². The molecule has 0 fully saturated rings. The van der Waals surface area contributed by atoms with Gasteiger partial charge in [-0.2, -0.15) is 13.2 Å². The predicted octanol–water partition coefficient (Wildman–Crippen LogP) is 4.12. The number of alkyl halides is 3. The molecule has 30 heavy (non-hydrogen) atoms. The molecule has 1 unspecified atom stereocenters. The van der Waals surface area contributed by atoms with Crippen LogP contribution in [0.2, 0.25) is 0 Å². The quantitative estimate of drug-likeness (QED) is 0.636. The van der Waals surface area contributed by atoms with Crippen molar-refractivity contribution in [1.82, 2.24) is 4.98 Å². The predicted molar refractivity (Wildman–Crippen MR) is 108 cm³/mol. The van der Waals surface area contributed by atoms with Gasteiger partial charge in [0.15, 0.2) is 9.92 Å². The highest BCUT2D eigenvalue weighted by Crippen LogP contribution is 2.39. The lowest BCUT2D eigenvalue weighted by Gasteiger charge is -2.17. The third kappa shape index (κ3) is 4.51. The van der Waals surface area contributed by atoms with Crippen LogP contribution in [0, 0.1) is 6.92 Å². The lowest BCUT2D eigenvalue weighted by molar-refractivity contribution is -0.141. The standard InChI is InChI=1S/C18H21F3N4O3S2/c1-9-14(11-5-4-6-12(11)23-15(9)18(19,20)21)24-16(26)25-30(22,28)13-7-10(8-29-13)17(2,3)27/h7-8,27H,4-6H2,1-3H3,(H3,22,23,24,25,26,28). The van der Waals surface area contributed by atoms with Crippen LogP contribution >= 0.6 is 11.3 Å². The van der Waals surface area contributed by atoms with E-state index in [1.165, 1.54) is 26.8 Å². The van der Waals surface area contributed by atoms with E-state index in [9.17, 15) is 27.3 Å². The fourth-order valence-corrected chi connectivity index (χ4v) is 5.50. The summed E-state index contributed by atoms with van der Waals surface area (Å²) in [4.78, 5) is 16.2. The van der Waals surface area contributed by atoms with Gasteiger partial charge in [-0.1, -0.05) is 0 Å². The lowest BCUT2D eigenvalue weighted by Crippen LogP contribution is -2.20. The summed E-state index contributed by atoms with van der Waals surface area (Å²) in [6.45, 7) is 4.29. The van der Waals surface area contributed by atoms with Crippen molar-refractivity contribution in [3.63, 3.8) is 0 Å². The largest absolute Gasteiger partial charge is 0.433 e. The van der Waals surface area contributed by atoms with Crippen LogP contribution in [-0.2, 0) is 34.5 Å². The molecule has 4 N–H and O–H groups in total. The van der Waals surface area contributed by atoms with Crippen molar-refractivity contribution in [3.8, 4) is 0 Å². The summed E-state index contributed by atoms with van der Waals surface area (Å²) in [6, 6.07) is 0.276. The number of halogens is 3. The molecular formula is C18H21F3N4O3S2. The molecule has 1 atom stereocenters. The van der Waals surface area contributed by atoms with E-state index in [1.54, 1.807) is 5.38 Å². The van der Waals surface area contributed by atoms with Gasteiger partial charge in [-0.05, 0) is 62.6 Å². The van der Waals surface area contributed by atoms with Gasteiger partial charge in [0.05, 0.1) is 11.3 Å². The van der Waals surface area contributed by atoms with Crippen molar-refractivity contribution in [2.24, 2.45) is 9.50 Å². The smallest absolute Gasteiger partial charge is 0.386 e. The number of hydrogen-bond donors (Lipinski definition) is 3. The van der Waals surface area contributed by atoms with Crippen LogP contribution in [0.15, 0.2) is 20.0 Å². The highest BCUT2D eigenvalue weighted by atomic mass is 32.2. The maximum atomic E-state index is 13.3. The average Bonchev–Trinajstić information content (AvgIpc) is 3.24. The Bertz CT molecular complexity index is 1130. The van der Waals surface area contributed by atoms with Crippen LogP contribution in [0.25, 0.3) is 0 Å². The van der Waals surface area contributed by atoms with Crippen molar-refractivity contribution in [3.05, 3.63) is 39.5 Å². The van der Waals surface area contributed by atoms with Crippen LogP contribution in [0.3, 0.4) is 0 Å². The first kappa shape index (κ1) is 22.7. The first-order valence-corrected chi connectivity index (χ1v) is 11.4. The van der Waals surface area contributed by atoms with Crippen LogP contribution in [-0.4, -0.2) is 20.3 Å². The number of anilines is 1. The number of nitrogens with one attached hydrogen (secondary N) is 1. The summed E-state index contributed by atoms with van der Waals surface area (Å²) in [5, 5.41) is 19.6. The molecule has 164 valence electrons. The number of pyridine rings is 1. The summed E-state index contributed by atoms with van der Waals surface area (Å²) < 4.78 is 56.4. The number of thiophene rings is 1. The van der Waals surface area contributed by atoms with Crippen LogP contribution in [0.4, 0.5) is 23.7 Å². The molecule has 2 aromatic heterocycles. The van der Waals surface area contributed by atoms with Crippen molar-refractivity contribution >= 4 is 33.0 Å². The van der Waals surface area contributed by atoms with Gasteiger partial charge in [-0.15, -0.1) is 15.7 Å². The number of nitrogens with two attached hydrogens (primary N) is 1. The van der Waals surface area contributed by atoms with E-state index >= 15 is 0 Å². The third-order valence-electron chi connectivity index (χ3n) is 4.76. The second-order valence-corrected chi connectivity index (χ2v) is 10.5. The molecule has 3 rings (SSSR count). The maximum absolute atomic E-state index is 13.3. The van der Waals surface area contributed by atoms with Gasteiger partial charge < -0.3 is 10.4 Å². The zero-order valence-electron chi connectivity index (χ0n) is 16.5. The first-order valence-electron chi connectivity index (χ1n) is 8.97. The van der Waals surface area contributed by atoms with E-state index in [4.69, 9.17) is 5.14 Å². The van der Waals surface area contributed by atoms with E-state index in [1.807, 2.05) is 0 Å². The van der Waals surface area contributed by atoms with Gasteiger partial charge in [0.1, 0.15) is 9.90 Å². The number of fused-ring (bicyclic) bond motifs is 1. The SMILES string of the molecule is Cc1c(C(F)(F)F)nc2c(c1NC(=O)N=S(N)(=O)c1cc(C(C)(C)O)cs1)CCC2. The number of carbonyl (C=O) groups excluding carboxylic acids is 1. The second kappa shape index (κ2) is 7.59. The van der Waals surface area contributed by atoms with Crippen molar-refractivity contribution in [1.29, 1.82) is 0 Å².